The molecule has 0 aliphatic rings. The first kappa shape index (κ1) is 11.0. The molecule has 0 aromatic heterocycles. The summed E-state index contributed by atoms with van der Waals surface area (Å²) in [4.78, 5) is 10.6. The van der Waals surface area contributed by atoms with Crippen LogP contribution in [-0.2, 0) is 19.4 Å². The Labute approximate surface area is 70.6 Å². The molecule has 5 nitrogen and oxygen atoms in total. The van der Waals surface area contributed by atoms with Gasteiger partial charge in [0.25, 0.3) is 0 Å². The quantitative estimate of drug-likeness (QED) is 0.319. The molecule has 0 radical (unpaired) electrons. The van der Waals surface area contributed by atoms with Crippen LogP contribution in [0.5, 0.6) is 0 Å². The van der Waals surface area contributed by atoms with Crippen LogP contribution in [0, 0.1) is 0 Å². The van der Waals surface area contributed by atoms with Crippen LogP contribution in [0.4, 0.5) is 0 Å². The Morgan fingerprint density at radius 3 is 2.42 bits per heavy atom. The minimum absolute atomic E-state index is 0.0438. The van der Waals surface area contributed by atoms with Crippen molar-refractivity contribution in [3.8, 4) is 0 Å². The Morgan fingerprint density at radius 1 is 1.58 bits per heavy atom. The lowest BCUT2D eigenvalue weighted by Gasteiger charge is -2.08. The maximum Gasteiger partial charge on any atom is 0.323 e. The fourth-order valence-corrected chi connectivity index (χ4v) is 0.930. The van der Waals surface area contributed by atoms with Gasteiger partial charge in [-0.2, -0.15) is 0 Å². The zero-order valence-corrected chi connectivity index (χ0v) is 7.55. The molecule has 0 fully saturated rings. The van der Waals surface area contributed by atoms with E-state index in [1.54, 1.807) is 0 Å². The van der Waals surface area contributed by atoms with Crippen LogP contribution in [0.1, 0.15) is 6.92 Å². The predicted molar refractivity (Wildman–Crippen MR) is 39.6 cm³/mol. The number of carbonyl (C=O) groups excluding carboxylic acids is 1. The molecule has 6 heteroatoms. The van der Waals surface area contributed by atoms with Crippen LogP contribution in [0.2, 0.25) is 0 Å². The van der Waals surface area contributed by atoms with Gasteiger partial charge >= 0.3 is 5.97 Å². The molecule has 0 unspecified atom stereocenters. The number of rotatable bonds is 3. The van der Waals surface area contributed by atoms with Gasteiger partial charge in [-0.15, -0.1) is 0 Å². The Hall–Kier alpha value is -1.04. The fraction of sp³-hybridized carbons (Fsp3) is 0.500. The van der Waals surface area contributed by atoms with Gasteiger partial charge in [0.1, 0.15) is 0 Å². The summed E-state index contributed by atoms with van der Waals surface area (Å²) in [5.41, 5.74) is 0. The maximum absolute atomic E-state index is 10.6. The Kier molecular flexibility index (Phi) is 3.75. The van der Waals surface area contributed by atoms with E-state index in [0.29, 0.717) is 5.41 Å². The van der Waals surface area contributed by atoms with Crippen molar-refractivity contribution in [1.82, 2.24) is 0 Å². The third-order valence-corrected chi connectivity index (χ3v) is 1.44. The number of ether oxygens (including phenoxy) is 1. The number of hydrogen-bond acceptors (Lipinski definition) is 5. The van der Waals surface area contributed by atoms with E-state index in [2.05, 4.69) is 4.74 Å². The van der Waals surface area contributed by atoms with Crippen molar-refractivity contribution in [2.24, 2.45) is 0 Å². The summed E-state index contributed by atoms with van der Waals surface area (Å²) < 4.78 is 25.2. The maximum atomic E-state index is 10.6. The third kappa shape index (κ3) is 4.73. The van der Waals surface area contributed by atoms with Crippen molar-refractivity contribution >= 4 is 15.8 Å². The highest BCUT2D eigenvalue weighted by molar-refractivity contribution is 7.93. The number of hydrogen-bond donors (Lipinski definition) is 0. The first-order valence-electron chi connectivity index (χ1n) is 3.12. The summed E-state index contributed by atoms with van der Waals surface area (Å²) in [6.45, 7) is 1.56. The van der Waals surface area contributed by atoms with Crippen molar-refractivity contribution in [2.75, 3.05) is 12.9 Å². The van der Waals surface area contributed by atoms with Crippen LogP contribution in [0.25, 0.3) is 0 Å². The summed E-state index contributed by atoms with van der Waals surface area (Å²) in [6, 6.07) is 0. The molecule has 12 heavy (non-hydrogen) atoms. The summed E-state index contributed by atoms with van der Waals surface area (Å²) in [6.07, 6.45) is 0.824. The molecule has 70 valence electrons. The zero-order valence-electron chi connectivity index (χ0n) is 6.73. The molecular formula is C6H9O5S-. The van der Waals surface area contributed by atoms with Gasteiger partial charge in [0.15, 0.2) is 9.84 Å². The van der Waals surface area contributed by atoms with Crippen LogP contribution in [0.15, 0.2) is 11.2 Å². The van der Waals surface area contributed by atoms with E-state index in [9.17, 15) is 18.3 Å². The second-order valence-corrected chi connectivity index (χ2v) is 3.93. The standard InChI is InChI=1S/C6H10O5S/c1-3-11-6(8)5(7)4-12(2,9)10/h4,7H,3H2,1-2H3/p-1/b5-4-. The Bertz CT molecular complexity index is 287. The number of esters is 1. The number of carbonyl (C=O) groups is 1. The van der Waals surface area contributed by atoms with E-state index in [0.717, 1.165) is 6.26 Å². The molecular weight excluding hydrogens is 184 g/mol. The third-order valence-electron chi connectivity index (χ3n) is 0.798. The minimum atomic E-state index is -3.56. The molecule has 0 aromatic rings. The van der Waals surface area contributed by atoms with Crippen molar-refractivity contribution in [3.63, 3.8) is 0 Å². The van der Waals surface area contributed by atoms with Crippen molar-refractivity contribution < 1.29 is 23.1 Å². The van der Waals surface area contributed by atoms with Crippen LogP contribution >= 0.6 is 0 Å². The smallest absolute Gasteiger partial charge is 0.323 e. The lowest BCUT2D eigenvalue weighted by Crippen LogP contribution is -2.19. The topological polar surface area (TPSA) is 83.5 Å². The largest absolute Gasteiger partial charge is 0.867 e. The lowest BCUT2D eigenvalue weighted by molar-refractivity contribution is -0.303. The zero-order chi connectivity index (χ0) is 9.78. The molecule has 0 spiro atoms. The highest BCUT2D eigenvalue weighted by atomic mass is 32.2. The molecule has 0 atom stereocenters. The average molecular weight is 193 g/mol. The SMILES string of the molecule is CCOC(=O)/C([O-])=C/S(C)(=O)=O. The van der Waals surface area contributed by atoms with Crippen LogP contribution < -0.4 is 5.11 Å². The van der Waals surface area contributed by atoms with Gasteiger partial charge in [0.05, 0.1) is 6.61 Å². The van der Waals surface area contributed by atoms with Gasteiger partial charge in [0, 0.05) is 11.7 Å². The van der Waals surface area contributed by atoms with Gasteiger partial charge in [-0.3, -0.25) is 0 Å². The highest BCUT2D eigenvalue weighted by Crippen LogP contribution is 1.93. The van der Waals surface area contributed by atoms with E-state index in [4.69, 9.17) is 0 Å². The fourth-order valence-electron chi connectivity index (χ4n) is 0.445. The summed E-state index contributed by atoms with van der Waals surface area (Å²) in [5.74, 6) is -2.30. The summed E-state index contributed by atoms with van der Waals surface area (Å²) >= 11 is 0. The monoisotopic (exact) mass is 193 g/mol. The highest BCUT2D eigenvalue weighted by Gasteiger charge is 2.02. The van der Waals surface area contributed by atoms with Gasteiger partial charge in [-0.05, 0) is 12.7 Å². The van der Waals surface area contributed by atoms with Gasteiger partial charge < -0.3 is 9.84 Å². The van der Waals surface area contributed by atoms with E-state index in [-0.39, 0.29) is 6.61 Å². The molecule has 0 rings (SSSR count). The second-order valence-electron chi connectivity index (χ2n) is 2.03. The molecule has 0 saturated heterocycles. The van der Waals surface area contributed by atoms with Crippen molar-refractivity contribution in [1.29, 1.82) is 0 Å². The first-order valence-corrected chi connectivity index (χ1v) is 5.08. The van der Waals surface area contributed by atoms with E-state index >= 15 is 0 Å². The summed E-state index contributed by atoms with van der Waals surface area (Å²) in [5, 5.41) is 11.0. The van der Waals surface area contributed by atoms with E-state index < -0.39 is 21.6 Å². The number of sulfone groups is 1. The van der Waals surface area contributed by atoms with Gasteiger partial charge in [0.2, 0.25) is 0 Å². The lowest BCUT2D eigenvalue weighted by atomic mass is 10.6. The minimum Gasteiger partial charge on any atom is -0.867 e. The van der Waals surface area contributed by atoms with Gasteiger partial charge in [-0.1, -0.05) is 0 Å². The molecule has 0 aliphatic carbocycles. The average Bonchev–Trinajstić information content (AvgIpc) is 1.84. The molecule has 0 N–H and O–H groups in total. The first-order chi connectivity index (χ1) is 5.37. The Morgan fingerprint density at radius 2 is 2.08 bits per heavy atom. The predicted octanol–water partition coefficient (Wildman–Crippen LogP) is -1.20. The molecule has 0 aromatic carbocycles. The van der Waals surface area contributed by atoms with E-state index in [1.165, 1.54) is 6.92 Å². The van der Waals surface area contributed by atoms with Crippen LogP contribution in [-0.4, -0.2) is 27.2 Å². The van der Waals surface area contributed by atoms with Crippen molar-refractivity contribution in [2.45, 2.75) is 6.92 Å². The molecule has 0 aliphatic heterocycles. The molecule has 0 saturated carbocycles. The van der Waals surface area contributed by atoms with Crippen molar-refractivity contribution in [3.05, 3.63) is 11.2 Å². The molecule has 0 bridgehead atoms. The second kappa shape index (κ2) is 4.10. The van der Waals surface area contributed by atoms with Crippen LogP contribution in [0.3, 0.4) is 0 Å². The molecule has 0 amide bonds. The van der Waals surface area contributed by atoms with Gasteiger partial charge in [-0.25, -0.2) is 13.2 Å². The normalized spacial score (nSPS) is 12.7. The van der Waals surface area contributed by atoms with E-state index in [1.807, 2.05) is 0 Å². The molecule has 0 heterocycles. The summed E-state index contributed by atoms with van der Waals surface area (Å²) in [7, 11) is -3.56. The Balaban J connectivity index is 4.50.